The van der Waals surface area contributed by atoms with Crippen LogP contribution in [-0.2, 0) is 0 Å². The van der Waals surface area contributed by atoms with Crippen LogP contribution in [0.1, 0.15) is 10.4 Å². The molecular weight excluding hydrogens is 349 g/mol. The molecule has 0 spiro atoms. The molecule has 0 atom stereocenters. The van der Waals surface area contributed by atoms with Crippen LogP contribution in [0.3, 0.4) is 0 Å². The van der Waals surface area contributed by atoms with Gasteiger partial charge in [-0.3, -0.25) is 25.0 Å². The Labute approximate surface area is 138 Å². The van der Waals surface area contributed by atoms with Crippen molar-refractivity contribution in [3.63, 3.8) is 0 Å². The first-order valence-corrected chi connectivity index (χ1v) is 6.74. The first-order valence-electron chi connectivity index (χ1n) is 5.99. The maximum absolute atomic E-state index is 12.2. The van der Waals surface area contributed by atoms with E-state index >= 15 is 0 Å². The van der Waals surface area contributed by atoms with Gasteiger partial charge in [0.15, 0.2) is 0 Å². The van der Waals surface area contributed by atoms with Gasteiger partial charge in [0.1, 0.15) is 5.56 Å². The Hall–Kier alpha value is -2.71. The van der Waals surface area contributed by atoms with Crippen molar-refractivity contribution < 1.29 is 14.6 Å². The van der Waals surface area contributed by atoms with Gasteiger partial charge in [0, 0.05) is 23.2 Å². The lowest BCUT2D eigenvalue weighted by Crippen LogP contribution is -2.14. The van der Waals surface area contributed by atoms with Gasteiger partial charge < -0.3 is 5.32 Å². The average molecular weight is 356 g/mol. The smallest absolute Gasteiger partial charge is 0.282 e. The Balaban J connectivity index is 2.35. The van der Waals surface area contributed by atoms with Gasteiger partial charge in [0.05, 0.1) is 20.6 Å². The van der Waals surface area contributed by atoms with Crippen LogP contribution < -0.4 is 5.32 Å². The largest absolute Gasteiger partial charge is 0.320 e. The second kappa shape index (κ2) is 6.59. The third-order valence-electron chi connectivity index (χ3n) is 2.81. The molecule has 0 saturated heterocycles. The normalized spacial score (nSPS) is 10.2. The number of halogens is 2. The third-order valence-corrected chi connectivity index (χ3v) is 3.36. The van der Waals surface area contributed by atoms with Crippen LogP contribution in [-0.4, -0.2) is 15.8 Å². The zero-order valence-corrected chi connectivity index (χ0v) is 12.7. The van der Waals surface area contributed by atoms with E-state index in [4.69, 9.17) is 23.2 Å². The van der Waals surface area contributed by atoms with Gasteiger partial charge in [-0.05, 0) is 18.2 Å². The van der Waals surface area contributed by atoms with Crippen LogP contribution in [0, 0.1) is 20.2 Å². The summed E-state index contributed by atoms with van der Waals surface area (Å²) < 4.78 is 0. The van der Waals surface area contributed by atoms with Crippen LogP contribution in [0.2, 0.25) is 10.0 Å². The van der Waals surface area contributed by atoms with E-state index in [1.54, 1.807) is 0 Å². The van der Waals surface area contributed by atoms with E-state index in [9.17, 15) is 25.0 Å². The number of carbonyl (C=O) groups is 1. The van der Waals surface area contributed by atoms with Crippen LogP contribution in [0.25, 0.3) is 0 Å². The molecule has 0 aliphatic rings. The van der Waals surface area contributed by atoms with E-state index in [0.717, 1.165) is 24.3 Å². The van der Waals surface area contributed by atoms with Crippen molar-refractivity contribution in [1.82, 2.24) is 0 Å². The lowest BCUT2D eigenvalue weighted by Gasteiger charge is -2.08. The summed E-state index contributed by atoms with van der Waals surface area (Å²) in [4.78, 5) is 32.4. The van der Waals surface area contributed by atoms with Crippen molar-refractivity contribution in [2.45, 2.75) is 0 Å². The Morgan fingerprint density at radius 1 is 1.00 bits per heavy atom. The Morgan fingerprint density at radius 3 is 2.26 bits per heavy atom. The molecule has 0 fully saturated rings. The van der Waals surface area contributed by atoms with Crippen molar-refractivity contribution in [3.05, 3.63) is 72.2 Å². The highest BCUT2D eigenvalue weighted by atomic mass is 35.5. The standard InChI is InChI=1S/C13H7Cl2N3O5/c14-7-1-4-12(18(22)23)9(5-7)13(19)16-11-3-2-8(17(20)21)6-10(11)15/h1-6H,(H,16,19). The number of nitrogens with zero attached hydrogens (tertiary/aromatic N) is 2. The first-order chi connectivity index (χ1) is 10.8. The zero-order chi connectivity index (χ0) is 17.1. The summed E-state index contributed by atoms with van der Waals surface area (Å²) in [6, 6.07) is 6.98. The number of amides is 1. The molecular formula is C13H7Cl2N3O5. The van der Waals surface area contributed by atoms with Crippen molar-refractivity contribution in [2.24, 2.45) is 0 Å². The molecule has 2 aromatic rings. The molecule has 23 heavy (non-hydrogen) atoms. The van der Waals surface area contributed by atoms with Gasteiger partial charge in [-0.25, -0.2) is 0 Å². The monoisotopic (exact) mass is 355 g/mol. The van der Waals surface area contributed by atoms with Crippen molar-refractivity contribution >= 4 is 46.2 Å². The molecule has 2 rings (SSSR count). The maximum Gasteiger partial charge on any atom is 0.282 e. The summed E-state index contributed by atoms with van der Waals surface area (Å²) in [6.45, 7) is 0. The Bertz CT molecular complexity index is 825. The maximum atomic E-state index is 12.2. The molecule has 118 valence electrons. The van der Waals surface area contributed by atoms with Crippen LogP contribution >= 0.6 is 23.2 Å². The van der Waals surface area contributed by atoms with Gasteiger partial charge in [0.25, 0.3) is 17.3 Å². The molecule has 0 saturated carbocycles. The fourth-order valence-corrected chi connectivity index (χ4v) is 2.15. The Morgan fingerprint density at radius 2 is 1.70 bits per heavy atom. The molecule has 2 aromatic carbocycles. The molecule has 1 N–H and O–H groups in total. The molecule has 8 nitrogen and oxygen atoms in total. The van der Waals surface area contributed by atoms with Gasteiger partial charge in [0.2, 0.25) is 0 Å². The second-order valence-corrected chi connectivity index (χ2v) is 5.14. The molecule has 10 heteroatoms. The number of nitro groups is 2. The summed E-state index contributed by atoms with van der Waals surface area (Å²) >= 11 is 11.6. The quantitative estimate of drug-likeness (QED) is 0.655. The van der Waals surface area contributed by atoms with Crippen molar-refractivity contribution in [3.8, 4) is 0 Å². The summed E-state index contributed by atoms with van der Waals surface area (Å²) in [6.07, 6.45) is 0. The lowest BCUT2D eigenvalue weighted by molar-refractivity contribution is -0.385. The summed E-state index contributed by atoms with van der Waals surface area (Å²) in [5.41, 5.74) is -0.847. The van der Waals surface area contributed by atoms with E-state index < -0.39 is 21.4 Å². The van der Waals surface area contributed by atoms with E-state index in [1.807, 2.05) is 0 Å². The number of nitro benzene ring substituents is 2. The van der Waals surface area contributed by atoms with Crippen molar-refractivity contribution in [1.29, 1.82) is 0 Å². The number of anilines is 1. The molecule has 0 aromatic heterocycles. The molecule has 0 radical (unpaired) electrons. The summed E-state index contributed by atoms with van der Waals surface area (Å²) in [5, 5.41) is 24.0. The molecule has 1 amide bonds. The predicted molar refractivity (Wildman–Crippen MR) is 84.2 cm³/mol. The number of rotatable bonds is 4. The highest BCUT2D eigenvalue weighted by molar-refractivity contribution is 6.34. The molecule has 0 aliphatic heterocycles. The molecule has 0 bridgehead atoms. The van der Waals surface area contributed by atoms with E-state index in [1.165, 1.54) is 12.1 Å². The number of non-ortho nitro benzene ring substituents is 1. The van der Waals surface area contributed by atoms with Crippen molar-refractivity contribution in [2.75, 3.05) is 5.32 Å². The number of nitrogens with one attached hydrogen (secondary N) is 1. The summed E-state index contributed by atoms with van der Waals surface area (Å²) in [5.74, 6) is -0.810. The number of hydrogen-bond acceptors (Lipinski definition) is 5. The van der Waals surface area contributed by atoms with E-state index in [-0.39, 0.29) is 27.0 Å². The second-order valence-electron chi connectivity index (χ2n) is 4.29. The van der Waals surface area contributed by atoms with Gasteiger partial charge in [-0.1, -0.05) is 23.2 Å². The zero-order valence-electron chi connectivity index (χ0n) is 11.2. The lowest BCUT2D eigenvalue weighted by atomic mass is 10.1. The van der Waals surface area contributed by atoms with Gasteiger partial charge in [-0.15, -0.1) is 0 Å². The number of carbonyl (C=O) groups excluding carboxylic acids is 1. The minimum atomic E-state index is -0.810. The van der Waals surface area contributed by atoms with Gasteiger partial charge in [-0.2, -0.15) is 0 Å². The predicted octanol–water partition coefficient (Wildman–Crippen LogP) is 4.06. The number of hydrogen-bond donors (Lipinski definition) is 1. The molecule has 0 aliphatic carbocycles. The highest BCUT2D eigenvalue weighted by Gasteiger charge is 2.21. The fourth-order valence-electron chi connectivity index (χ4n) is 1.76. The topological polar surface area (TPSA) is 115 Å². The highest BCUT2D eigenvalue weighted by Crippen LogP contribution is 2.29. The van der Waals surface area contributed by atoms with Crippen LogP contribution in [0.4, 0.5) is 17.1 Å². The molecule has 0 unspecified atom stereocenters. The van der Waals surface area contributed by atoms with Crippen LogP contribution in [0.15, 0.2) is 36.4 Å². The van der Waals surface area contributed by atoms with E-state index in [0.29, 0.717) is 0 Å². The van der Waals surface area contributed by atoms with E-state index in [2.05, 4.69) is 5.32 Å². The van der Waals surface area contributed by atoms with Gasteiger partial charge >= 0.3 is 0 Å². The minimum absolute atomic E-state index is 0.0720. The SMILES string of the molecule is O=C(Nc1ccc([N+](=O)[O-])cc1Cl)c1cc(Cl)ccc1[N+](=O)[O-]. The number of benzene rings is 2. The minimum Gasteiger partial charge on any atom is -0.320 e. The molecule has 0 heterocycles. The summed E-state index contributed by atoms with van der Waals surface area (Å²) in [7, 11) is 0. The fraction of sp³-hybridized carbons (Fsp3) is 0. The third kappa shape index (κ3) is 3.74. The average Bonchev–Trinajstić information content (AvgIpc) is 2.48. The first kappa shape index (κ1) is 16.7. The van der Waals surface area contributed by atoms with Crippen LogP contribution in [0.5, 0.6) is 0 Å². The Kier molecular flexibility index (Phi) is 4.77.